The first-order valence-electron chi connectivity index (χ1n) is 5.37. The van der Waals surface area contributed by atoms with Gasteiger partial charge < -0.3 is 5.11 Å². The van der Waals surface area contributed by atoms with Gasteiger partial charge in [-0.25, -0.2) is 4.79 Å². The Morgan fingerprint density at radius 3 is 2.62 bits per heavy atom. The number of halogens is 3. The van der Waals surface area contributed by atoms with Crippen molar-refractivity contribution in [1.29, 1.82) is 0 Å². The van der Waals surface area contributed by atoms with E-state index in [0.717, 1.165) is 17.4 Å². The van der Waals surface area contributed by atoms with Gasteiger partial charge in [-0.2, -0.15) is 31.0 Å². The number of hydrogen-bond donors (Lipinski definition) is 3. The minimum Gasteiger partial charge on any atom is -0.478 e. The molecule has 118 valence electrons. The smallest absolute Gasteiger partial charge is 0.402 e. The Kier molecular flexibility index (Phi) is 5.89. The highest BCUT2D eigenvalue weighted by atomic mass is 32.2. The molecule has 0 fully saturated rings. The van der Waals surface area contributed by atoms with Crippen LogP contribution in [0.15, 0.2) is 17.5 Å². The van der Waals surface area contributed by atoms with Crippen LogP contribution in [-0.2, 0) is 21.5 Å². The van der Waals surface area contributed by atoms with Crippen LogP contribution < -0.4 is 9.44 Å². The maximum atomic E-state index is 11.9. The van der Waals surface area contributed by atoms with Gasteiger partial charge in [0.2, 0.25) is 0 Å². The van der Waals surface area contributed by atoms with E-state index < -0.39 is 28.9 Å². The molecule has 0 amide bonds. The van der Waals surface area contributed by atoms with Crippen LogP contribution in [0.5, 0.6) is 0 Å². The van der Waals surface area contributed by atoms with E-state index in [9.17, 15) is 26.4 Å². The fourth-order valence-electron chi connectivity index (χ4n) is 1.19. The monoisotopic (exact) mass is 344 g/mol. The number of alkyl halides is 3. The third kappa shape index (κ3) is 7.22. The van der Waals surface area contributed by atoms with Crippen molar-refractivity contribution in [3.63, 3.8) is 0 Å². The molecule has 1 rings (SSSR count). The summed E-state index contributed by atoms with van der Waals surface area (Å²) in [7, 11) is -4.29. The van der Waals surface area contributed by atoms with Crippen molar-refractivity contribution in [2.24, 2.45) is 0 Å². The molecule has 1 aromatic heterocycles. The predicted molar refractivity (Wildman–Crippen MR) is 70.8 cm³/mol. The second-order valence-electron chi connectivity index (χ2n) is 3.73. The molecule has 0 atom stereocenters. The lowest BCUT2D eigenvalue weighted by atomic mass is 10.2. The van der Waals surface area contributed by atoms with Crippen molar-refractivity contribution in [2.75, 3.05) is 6.54 Å². The maximum absolute atomic E-state index is 11.9. The molecule has 0 radical (unpaired) electrons. The molecule has 1 aromatic rings. The van der Waals surface area contributed by atoms with Gasteiger partial charge in [-0.3, -0.25) is 0 Å². The second kappa shape index (κ2) is 7.02. The summed E-state index contributed by atoms with van der Waals surface area (Å²) < 4.78 is 61.7. The molecule has 0 bridgehead atoms. The van der Waals surface area contributed by atoms with Gasteiger partial charge in [0, 0.05) is 17.5 Å². The van der Waals surface area contributed by atoms with Gasteiger partial charge in [0.25, 0.3) is 10.2 Å². The first-order chi connectivity index (χ1) is 9.59. The lowest BCUT2D eigenvalue weighted by Crippen LogP contribution is -2.41. The summed E-state index contributed by atoms with van der Waals surface area (Å²) in [6, 6.07) is 1.57. The van der Waals surface area contributed by atoms with E-state index >= 15 is 0 Å². The molecule has 11 heteroatoms. The highest BCUT2D eigenvalue weighted by Gasteiger charge is 2.29. The normalized spacial score (nSPS) is 12.9. The van der Waals surface area contributed by atoms with Crippen LogP contribution in [0.4, 0.5) is 13.2 Å². The van der Waals surface area contributed by atoms with Crippen LogP contribution >= 0.6 is 11.3 Å². The zero-order chi connectivity index (χ0) is 16.1. The molecule has 6 nitrogen and oxygen atoms in total. The molecule has 0 aliphatic carbocycles. The zero-order valence-electron chi connectivity index (χ0n) is 10.3. The largest absolute Gasteiger partial charge is 0.478 e. The van der Waals surface area contributed by atoms with Gasteiger partial charge in [-0.1, -0.05) is 0 Å². The molecule has 0 saturated carbocycles. The molecule has 0 aliphatic heterocycles. The molecular weight excluding hydrogens is 333 g/mol. The SMILES string of the molecule is O=C(O)/C=C/c1ccsc1CNS(=O)(=O)NCC(F)(F)F. The van der Waals surface area contributed by atoms with Crippen LogP contribution in [0.25, 0.3) is 6.08 Å². The number of carboxylic acids is 1. The van der Waals surface area contributed by atoms with E-state index in [2.05, 4.69) is 0 Å². The number of carbonyl (C=O) groups is 1. The number of thiophene rings is 1. The van der Waals surface area contributed by atoms with Crippen LogP contribution in [0.1, 0.15) is 10.4 Å². The van der Waals surface area contributed by atoms with E-state index in [4.69, 9.17) is 5.11 Å². The average Bonchev–Trinajstić information content (AvgIpc) is 2.78. The average molecular weight is 344 g/mol. The third-order valence-corrected chi connectivity index (χ3v) is 4.06. The van der Waals surface area contributed by atoms with Gasteiger partial charge in [0.1, 0.15) is 6.54 Å². The van der Waals surface area contributed by atoms with Crippen LogP contribution in [0.2, 0.25) is 0 Å². The lowest BCUT2D eigenvalue weighted by Gasteiger charge is -2.10. The summed E-state index contributed by atoms with van der Waals surface area (Å²) in [5.41, 5.74) is 0.473. The van der Waals surface area contributed by atoms with Crippen molar-refractivity contribution in [3.05, 3.63) is 28.0 Å². The lowest BCUT2D eigenvalue weighted by molar-refractivity contribution is -0.131. The molecular formula is C10H11F3N2O4S2. The van der Waals surface area contributed by atoms with Crippen LogP contribution in [-0.4, -0.2) is 32.2 Å². The molecule has 0 unspecified atom stereocenters. The predicted octanol–water partition coefficient (Wildman–Crippen LogP) is 1.33. The number of aliphatic carboxylic acids is 1. The Labute approximate surface area is 122 Å². The molecule has 21 heavy (non-hydrogen) atoms. The van der Waals surface area contributed by atoms with Crippen molar-refractivity contribution >= 4 is 33.6 Å². The minimum absolute atomic E-state index is 0.246. The van der Waals surface area contributed by atoms with E-state index in [0.29, 0.717) is 10.4 Å². The van der Waals surface area contributed by atoms with Gasteiger partial charge in [-0.15, -0.1) is 11.3 Å². The summed E-state index contributed by atoms with van der Waals surface area (Å²) in [6.07, 6.45) is -2.50. The Balaban J connectivity index is 2.63. The minimum atomic E-state index is -4.65. The van der Waals surface area contributed by atoms with Crippen LogP contribution in [0, 0.1) is 0 Å². The highest BCUT2D eigenvalue weighted by Crippen LogP contribution is 2.18. The zero-order valence-corrected chi connectivity index (χ0v) is 12.0. The van der Waals surface area contributed by atoms with E-state index in [1.807, 2.05) is 4.72 Å². The van der Waals surface area contributed by atoms with E-state index in [1.54, 1.807) is 11.4 Å². The van der Waals surface area contributed by atoms with Crippen LogP contribution in [0.3, 0.4) is 0 Å². The van der Waals surface area contributed by atoms with Gasteiger partial charge in [-0.05, 0) is 23.1 Å². The first kappa shape index (κ1) is 17.6. The topological polar surface area (TPSA) is 95.5 Å². The Bertz CT molecular complexity index is 622. The summed E-state index contributed by atoms with van der Waals surface area (Å²) in [5.74, 6) is -1.17. The van der Waals surface area contributed by atoms with E-state index in [1.165, 1.54) is 10.8 Å². The molecule has 0 aliphatic rings. The first-order valence-corrected chi connectivity index (χ1v) is 7.74. The second-order valence-corrected chi connectivity index (χ2v) is 6.32. The summed E-state index contributed by atoms with van der Waals surface area (Å²) in [4.78, 5) is 10.9. The summed E-state index contributed by atoms with van der Waals surface area (Å²) in [5, 5.41) is 10.1. The number of carboxylic acid groups (broad SMARTS) is 1. The molecule has 0 aromatic carbocycles. The molecule has 1 heterocycles. The number of nitrogens with one attached hydrogen (secondary N) is 2. The van der Waals surface area contributed by atoms with E-state index in [-0.39, 0.29) is 6.54 Å². The third-order valence-electron chi connectivity index (χ3n) is 2.07. The Morgan fingerprint density at radius 2 is 2.05 bits per heavy atom. The Hall–Kier alpha value is -1.43. The van der Waals surface area contributed by atoms with Crippen molar-refractivity contribution in [2.45, 2.75) is 12.7 Å². The fourth-order valence-corrected chi connectivity index (χ4v) is 2.88. The van der Waals surface area contributed by atoms with Gasteiger partial charge >= 0.3 is 12.1 Å². The standard InChI is InChI=1S/C10H11F3N2O4S2/c11-10(12,13)6-15-21(18,19)14-5-8-7(3-4-20-8)1-2-9(16)17/h1-4,14-15H,5-6H2,(H,16,17)/b2-1+. The summed E-state index contributed by atoms with van der Waals surface area (Å²) in [6.45, 7) is -1.91. The summed E-state index contributed by atoms with van der Waals surface area (Å²) >= 11 is 1.14. The fraction of sp³-hybridized carbons (Fsp3) is 0.300. The van der Waals surface area contributed by atoms with Crippen molar-refractivity contribution in [3.8, 4) is 0 Å². The number of hydrogen-bond acceptors (Lipinski definition) is 4. The molecule has 3 N–H and O–H groups in total. The quantitative estimate of drug-likeness (QED) is 0.650. The maximum Gasteiger partial charge on any atom is 0.402 e. The van der Waals surface area contributed by atoms with Crippen molar-refractivity contribution in [1.82, 2.24) is 9.44 Å². The Morgan fingerprint density at radius 1 is 1.38 bits per heavy atom. The van der Waals surface area contributed by atoms with Gasteiger partial charge in [0.05, 0.1) is 0 Å². The number of rotatable bonds is 7. The molecule has 0 saturated heterocycles. The highest BCUT2D eigenvalue weighted by molar-refractivity contribution is 7.87. The van der Waals surface area contributed by atoms with Gasteiger partial charge in [0.15, 0.2) is 0 Å². The van der Waals surface area contributed by atoms with Crippen molar-refractivity contribution < 1.29 is 31.5 Å². The molecule has 0 spiro atoms.